The lowest BCUT2D eigenvalue weighted by molar-refractivity contribution is 0.312. The van der Waals surface area contributed by atoms with E-state index in [1.807, 2.05) is 12.1 Å². The summed E-state index contributed by atoms with van der Waals surface area (Å²) in [7, 11) is 0. The van der Waals surface area contributed by atoms with Crippen LogP contribution in [-0.2, 0) is 6.42 Å². The van der Waals surface area contributed by atoms with Gasteiger partial charge in [-0.25, -0.2) is 0 Å². The third kappa shape index (κ3) is 7.16. The normalized spacial score (nSPS) is 11.8. The molecule has 0 aliphatic heterocycles. The van der Waals surface area contributed by atoms with Crippen molar-refractivity contribution in [2.45, 2.75) is 52.0 Å². The fourth-order valence-corrected chi connectivity index (χ4v) is 1.97. The molecule has 0 heterocycles. The molecule has 0 amide bonds. The summed E-state index contributed by atoms with van der Waals surface area (Å²) in [4.78, 5) is 0. The third-order valence-corrected chi connectivity index (χ3v) is 3.23. The number of nitrogens with zero attached hydrogens (tertiary/aromatic N) is 1. The first-order chi connectivity index (χ1) is 9.76. The van der Waals surface area contributed by atoms with Gasteiger partial charge in [-0.15, -0.1) is 0 Å². The van der Waals surface area contributed by atoms with E-state index in [2.05, 4.69) is 37.4 Å². The van der Waals surface area contributed by atoms with Gasteiger partial charge in [-0.3, -0.25) is 0 Å². The number of unbranched alkanes of at least 4 members (excludes halogenated alkanes) is 1. The lowest BCUT2D eigenvalue weighted by atomic mass is 10.1. The average molecular weight is 274 g/mol. The summed E-state index contributed by atoms with van der Waals surface area (Å²) in [5.74, 6) is 0.892. The summed E-state index contributed by atoms with van der Waals surface area (Å²) in [5, 5.41) is 11.9. The Morgan fingerprint density at radius 1 is 1.30 bits per heavy atom. The van der Waals surface area contributed by atoms with Crippen LogP contribution in [0.3, 0.4) is 0 Å². The van der Waals surface area contributed by atoms with Crippen molar-refractivity contribution in [2.24, 2.45) is 0 Å². The molecule has 0 spiro atoms. The van der Waals surface area contributed by atoms with Crippen molar-refractivity contribution in [1.29, 1.82) is 5.26 Å². The van der Waals surface area contributed by atoms with Crippen molar-refractivity contribution in [1.82, 2.24) is 5.32 Å². The van der Waals surface area contributed by atoms with Crippen LogP contribution in [0.4, 0.5) is 0 Å². The highest BCUT2D eigenvalue weighted by Crippen LogP contribution is 2.14. The monoisotopic (exact) mass is 274 g/mol. The molecule has 3 heteroatoms. The van der Waals surface area contributed by atoms with E-state index in [9.17, 15) is 0 Å². The van der Waals surface area contributed by atoms with Gasteiger partial charge >= 0.3 is 0 Å². The summed E-state index contributed by atoms with van der Waals surface area (Å²) in [6, 6.07) is 11.0. The lowest BCUT2D eigenvalue weighted by Crippen LogP contribution is -2.27. The molecule has 1 unspecified atom stereocenters. The second kappa shape index (κ2) is 10.3. The number of hydrogen-bond acceptors (Lipinski definition) is 3. The predicted octanol–water partition coefficient (Wildman–Crippen LogP) is 3.69. The van der Waals surface area contributed by atoms with Gasteiger partial charge < -0.3 is 10.1 Å². The SMILES string of the molecule is CCCNC(C)CCc1ccc(OCCCC#N)cc1. The summed E-state index contributed by atoms with van der Waals surface area (Å²) in [6.07, 6.45) is 4.77. The molecule has 0 radical (unpaired) electrons. The van der Waals surface area contributed by atoms with Crippen LogP contribution in [0.2, 0.25) is 0 Å². The average Bonchev–Trinajstić information content (AvgIpc) is 2.48. The molecule has 0 saturated heterocycles. The highest BCUT2D eigenvalue weighted by molar-refractivity contribution is 5.27. The highest BCUT2D eigenvalue weighted by Gasteiger charge is 2.02. The maximum absolute atomic E-state index is 8.45. The van der Waals surface area contributed by atoms with Crippen LogP contribution in [0, 0.1) is 11.3 Å². The number of ether oxygens (including phenoxy) is 1. The summed E-state index contributed by atoms with van der Waals surface area (Å²) < 4.78 is 5.58. The molecule has 0 saturated carbocycles. The molecule has 20 heavy (non-hydrogen) atoms. The Labute approximate surface area is 123 Å². The van der Waals surface area contributed by atoms with E-state index in [1.54, 1.807) is 0 Å². The van der Waals surface area contributed by atoms with Crippen LogP contribution in [0.1, 0.15) is 45.1 Å². The van der Waals surface area contributed by atoms with E-state index < -0.39 is 0 Å². The number of nitrogens with one attached hydrogen (secondary N) is 1. The lowest BCUT2D eigenvalue weighted by Gasteiger charge is -2.13. The van der Waals surface area contributed by atoms with Crippen molar-refractivity contribution in [2.75, 3.05) is 13.2 Å². The molecule has 1 rings (SSSR count). The van der Waals surface area contributed by atoms with Gasteiger partial charge in [-0.2, -0.15) is 5.26 Å². The van der Waals surface area contributed by atoms with E-state index >= 15 is 0 Å². The predicted molar refractivity (Wildman–Crippen MR) is 82.9 cm³/mol. The molecule has 0 fully saturated rings. The Morgan fingerprint density at radius 2 is 2.05 bits per heavy atom. The van der Waals surface area contributed by atoms with Crippen LogP contribution in [-0.4, -0.2) is 19.2 Å². The minimum absolute atomic E-state index is 0.556. The molecule has 1 aromatic rings. The van der Waals surface area contributed by atoms with Crippen molar-refractivity contribution in [3.63, 3.8) is 0 Å². The zero-order chi connectivity index (χ0) is 14.6. The number of aryl methyl sites for hydroxylation is 1. The molecule has 0 aromatic heterocycles. The van der Waals surface area contributed by atoms with Gasteiger partial charge in [0.25, 0.3) is 0 Å². The first kappa shape index (κ1) is 16.5. The molecule has 1 atom stereocenters. The molecule has 3 nitrogen and oxygen atoms in total. The summed E-state index contributed by atoms with van der Waals surface area (Å²) in [5.41, 5.74) is 1.35. The van der Waals surface area contributed by atoms with Crippen molar-refractivity contribution in [3.05, 3.63) is 29.8 Å². The molecule has 0 bridgehead atoms. The Balaban J connectivity index is 2.26. The van der Waals surface area contributed by atoms with Crippen LogP contribution in [0.15, 0.2) is 24.3 Å². The Kier molecular flexibility index (Phi) is 8.49. The molecule has 1 N–H and O–H groups in total. The fourth-order valence-electron chi connectivity index (χ4n) is 1.97. The number of rotatable bonds is 10. The standard InChI is InChI=1S/C17H26N2O/c1-3-13-19-15(2)6-7-16-8-10-17(11-9-16)20-14-5-4-12-18/h8-11,15,19H,3-7,13-14H2,1-2H3. The molecule has 0 aliphatic carbocycles. The Bertz CT molecular complexity index is 394. The van der Waals surface area contributed by atoms with Gasteiger partial charge in [-0.05, 0) is 56.8 Å². The molecular weight excluding hydrogens is 248 g/mol. The quantitative estimate of drug-likeness (QED) is 0.662. The van der Waals surface area contributed by atoms with Gasteiger partial charge in [0.2, 0.25) is 0 Å². The second-order valence-electron chi connectivity index (χ2n) is 5.15. The molecule has 0 aliphatic rings. The zero-order valence-electron chi connectivity index (χ0n) is 12.7. The molecule has 110 valence electrons. The Morgan fingerprint density at radius 3 is 2.70 bits per heavy atom. The van der Waals surface area contributed by atoms with Crippen molar-refractivity contribution >= 4 is 0 Å². The van der Waals surface area contributed by atoms with Crippen molar-refractivity contribution < 1.29 is 4.74 Å². The van der Waals surface area contributed by atoms with E-state index in [0.29, 0.717) is 19.1 Å². The van der Waals surface area contributed by atoms with Gasteiger partial charge in [-0.1, -0.05) is 19.1 Å². The van der Waals surface area contributed by atoms with Gasteiger partial charge in [0, 0.05) is 12.5 Å². The summed E-state index contributed by atoms with van der Waals surface area (Å²) in [6.45, 7) is 6.14. The fraction of sp³-hybridized carbons (Fsp3) is 0.588. The van der Waals surface area contributed by atoms with E-state index in [4.69, 9.17) is 10.00 Å². The number of nitriles is 1. The largest absolute Gasteiger partial charge is 0.494 e. The summed E-state index contributed by atoms with van der Waals surface area (Å²) >= 11 is 0. The van der Waals surface area contributed by atoms with Crippen molar-refractivity contribution in [3.8, 4) is 11.8 Å². The van der Waals surface area contributed by atoms with E-state index in [0.717, 1.165) is 31.6 Å². The maximum Gasteiger partial charge on any atom is 0.119 e. The minimum atomic E-state index is 0.556. The van der Waals surface area contributed by atoms with Crippen LogP contribution in [0.5, 0.6) is 5.75 Å². The van der Waals surface area contributed by atoms with E-state index in [1.165, 1.54) is 12.0 Å². The van der Waals surface area contributed by atoms with Gasteiger partial charge in [0.05, 0.1) is 12.7 Å². The zero-order valence-corrected chi connectivity index (χ0v) is 12.7. The third-order valence-electron chi connectivity index (χ3n) is 3.23. The first-order valence-corrected chi connectivity index (χ1v) is 7.58. The van der Waals surface area contributed by atoms with Crippen LogP contribution in [0.25, 0.3) is 0 Å². The van der Waals surface area contributed by atoms with Crippen LogP contribution < -0.4 is 10.1 Å². The van der Waals surface area contributed by atoms with Gasteiger partial charge in [0.1, 0.15) is 5.75 Å². The smallest absolute Gasteiger partial charge is 0.119 e. The Hall–Kier alpha value is -1.53. The second-order valence-corrected chi connectivity index (χ2v) is 5.15. The van der Waals surface area contributed by atoms with Crippen LogP contribution >= 0.6 is 0 Å². The number of benzene rings is 1. The topological polar surface area (TPSA) is 45.0 Å². The maximum atomic E-state index is 8.45. The first-order valence-electron chi connectivity index (χ1n) is 7.58. The van der Waals surface area contributed by atoms with Gasteiger partial charge in [0.15, 0.2) is 0 Å². The molecule has 1 aromatic carbocycles. The minimum Gasteiger partial charge on any atom is -0.494 e. The highest BCUT2D eigenvalue weighted by atomic mass is 16.5. The van der Waals surface area contributed by atoms with E-state index in [-0.39, 0.29) is 0 Å². The number of hydrogen-bond donors (Lipinski definition) is 1. The molecular formula is C17H26N2O.